The highest BCUT2D eigenvalue weighted by Crippen LogP contribution is 2.43. The number of hydrogen-bond donors (Lipinski definition) is 2. The third kappa shape index (κ3) is 4.10. The van der Waals surface area contributed by atoms with Crippen LogP contribution < -0.4 is 10.6 Å². The number of carbonyl (C=O) groups is 2. The maximum absolute atomic E-state index is 13.7. The van der Waals surface area contributed by atoms with Crippen LogP contribution in [0.2, 0.25) is 0 Å². The van der Waals surface area contributed by atoms with Gasteiger partial charge in [0.1, 0.15) is 0 Å². The molecule has 1 fully saturated rings. The molecule has 3 N–H and O–H groups in total. The van der Waals surface area contributed by atoms with Crippen LogP contribution >= 0.6 is 0 Å². The van der Waals surface area contributed by atoms with Crippen molar-refractivity contribution in [3.05, 3.63) is 41.5 Å². The number of fused-ring (bicyclic) bond motifs is 3. The number of hydrogen-bond acceptors (Lipinski definition) is 4. The average Bonchev–Trinajstić information content (AvgIpc) is 3.34. The molecule has 3 aromatic rings. The Balaban J connectivity index is 2.02. The van der Waals surface area contributed by atoms with Crippen LogP contribution in [-0.4, -0.2) is 28.2 Å². The van der Waals surface area contributed by atoms with Gasteiger partial charge in [-0.1, -0.05) is 18.9 Å². The van der Waals surface area contributed by atoms with Gasteiger partial charge in [0.2, 0.25) is 5.91 Å². The van der Waals surface area contributed by atoms with Crippen molar-refractivity contribution in [2.75, 3.05) is 6.61 Å². The van der Waals surface area contributed by atoms with E-state index < -0.39 is 30.2 Å². The molecule has 32 heavy (non-hydrogen) atoms. The molecule has 1 aromatic heterocycles. The Morgan fingerprint density at radius 3 is 2.47 bits per heavy atom. The number of benzene rings is 2. The van der Waals surface area contributed by atoms with E-state index in [0.717, 1.165) is 37.8 Å². The summed E-state index contributed by atoms with van der Waals surface area (Å²) in [5, 5.41) is 9.35. The number of aliphatic carboxylic acids is 1. The molecule has 1 amide bonds. The van der Waals surface area contributed by atoms with Gasteiger partial charge in [-0.25, -0.2) is 4.79 Å². The van der Waals surface area contributed by atoms with Gasteiger partial charge in [-0.05, 0) is 43.0 Å². The summed E-state index contributed by atoms with van der Waals surface area (Å²) in [6.07, 6.45) is -0.652. The largest absolute Gasteiger partial charge is 0.479 e. The van der Waals surface area contributed by atoms with Crippen molar-refractivity contribution in [1.82, 2.24) is 4.57 Å². The second-order valence-electron chi connectivity index (χ2n) is 7.93. The number of nitrogens with zero attached hydrogens (tertiary/aromatic N) is 1. The van der Waals surface area contributed by atoms with Gasteiger partial charge >= 0.3 is 12.1 Å². The Hall–Kier alpha value is -3.27. The monoisotopic (exact) mass is 450 g/mol. The topological polar surface area (TPSA) is 104 Å². The van der Waals surface area contributed by atoms with Gasteiger partial charge in [0.05, 0.1) is 22.0 Å². The van der Waals surface area contributed by atoms with Gasteiger partial charge in [0.25, 0.3) is 0 Å². The zero-order valence-electron chi connectivity index (χ0n) is 16.9. The van der Waals surface area contributed by atoms with Gasteiger partial charge in [0, 0.05) is 17.5 Å². The minimum Gasteiger partial charge on any atom is -0.479 e. The third-order valence-electron chi connectivity index (χ3n) is 5.79. The molecule has 1 heterocycles. The van der Waals surface area contributed by atoms with Gasteiger partial charge in [-0.3, -0.25) is 4.79 Å². The van der Waals surface area contributed by atoms with Gasteiger partial charge in [-0.2, -0.15) is 18.1 Å². The van der Waals surface area contributed by atoms with Crippen LogP contribution in [0.1, 0.15) is 41.6 Å². The Morgan fingerprint density at radius 1 is 1.12 bits per heavy atom. The number of carboxylic acid groups (broad SMARTS) is 1. The predicted octanol–water partition coefficient (Wildman–Crippen LogP) is 4.50. The van der Waals surface area contributed by atoms with Crippen molar-refractivity contribution >= 4 is 33.7 Å². The van der Waals surface area contributed by atoms with E-state index in [9.17, 15) is 22.8 Å². The van der Waals surface area contributed by atoms with Crippen molar-refractivity contribution in [1.29, 1.82) is 0 Å². The molecule has 0 aliphatic heterocycles. The van der Waals surface area contributed by atoms with Crippen molar-refractivity contribution in [3.8, 4) is 5.75 Å². The number of carboxylic acids is 1. The van der Waals surface area contributed by atoms with E-state index in [0.29, 0.717) is 17.4 Å². The van der Waals surface area contributed by atoms with E-state index in [-0.39, 0.29) is 28.1 Å². The number of amides is 1. The molecular formula is C22H21F3N2O5. The highest BCUT2D eigenvalue weighted by molar-refractivity contribution is 6.19. The molecular weight excluding hydrogens is 429 g/mol. The highest BCUT2D eigenvalue weighted by atomic mass is 19.4. The molecule has 0 radical (unpaired) electrons. The van der Waals surface area contributed by atoms with Crippen LogP contribution in [0.15, 0.2) is 30.3 Å². The Morgan fingerprint density at radius 2 is 1.84 bits per heavy atom. The molecule has 0 atom stereocenters. The van der Waals surface area contributed by atoms with Crippen molar-refractivity contribution in [2.24, 2.45) is 11.7 Å². The SMILES string of the molecule is NC(=O)c1cccc2c1c1c(OOCC(=O)O)cc(C(F)(F)F)cc1n2CC1CCCC1. The lowest BCUT2D eigenvalue weighted by atomic mass is 10.0. The van der Waals surface area contributed by atoms with Crippen LogP contribution in [0, 0.1) is 5.92 Å². The summed E-state index contributed by atoms with van der Waals surface area (Å²) in [7, 11) is 0. The first-order valence-electron chi connectivity index (χ1n) is 10.1. The van der Waals surface area contributed by atoms with Crippen LogP contribution in [0.5, 0.6) is 5.75 Å². The first kappa shape index (κ1) is 21.9. The van der Waals surface area contributed by atoms with Crippen LogP contribution in [-0.2, 0) is 22.4 Å². The Bertz CT molecular complexity index is 1200. The summed E-state index contributed by atoms with van der Waals surface area (Å²) < 4.78 is 42.8. The van der Waals surface area contributed by atoms with E-state index in [1.807, 2.05) is 0 Å². The standard InChI is InChI=1S/C22H21F3N2O5/c23-22(24,25)13-8-16-20(17(9-13)32-31-11-18(28)29)19-14(21(26)30)6-3-7-15(19)27(16)10-12-4-1-2-5-12/h3,6-9,12H,1-2,4-5,10-11H2,(H2,26,30)(H,28,29). The number of halogens is 3. The quantitative estimate of drug-likeness (QED) is 0.408. The molecule has 1 saturated carbocycles. The summed E-state index contributed by atoms with van der Waals surface area (Å²) in [6.45, 7) is -0.403. The molecule has 2 aromatic carbocycles. The predicted molar refractivity (Wildman–Crippen MR) is 109 cm³/mol. The van der Waals surface area contributed by atoms with E-state index in [1.54, 1.807) is 16.7 Å². The first-order valence-corrected chi connectivity index (χ1v) is 10.1. The van der Waals surface area contributed by atoms with E-state index in [2.05, 4.69) is 4.89 Å². The maximum Gasteiger partial charge on any atom is 0.416 e. The molecule has 1 aliphatic carbocycles. The molecule has 0 spiro atoms. The number of aromatic nitrogens is 1. The summed E-state index contributed by atoms with van der Waals surface area (Å²) in [5.41, 5.74) is 5.46. The van der Waals surface area contributed by atoms with Gasteiger partial charge < -0.3 is 20.3 Å². The molecule has 7 nitrogen and oxygen atoms in total. The average molecular weight is 450 g/mol. The van der Waals surface area contributed by atoms with Crippen molar-refractivity contribution in [2.45, 2.75) is 38.4 Å². The zero-order valence-corrected chi connectivity index (χ0v) is 16.9. The fourth-order valence-electron chi connectivity index (χ4n) is 4.45. The summed E-state index contributed by atoms with van der Waals surface area (Å²) >= 11 is 0. The van der Waals surface area contributed by atoms with E-state index in [4.69, 9.17) is 15.7 Å². The van der Waals surface area contributed by atoms with Crippen LogP contribution in [0.3, 0.4) is 0 Å². The zero-order chi connectivity index (χ0) is 23.0. The van der Waals surface area contributed by atoms with Crippen molar-refractivity contribution in [3.63, 3.8) is 0 Å². The minimum absolute atomic E-state index is 0.125. The second-order valence-corrected chi connectivity index (χ2v) is 7.93. The van der Waals surface area contributed by atoms with Crippen LogP contribution in [0.4, 0.5) is 13.2 Å². The number of nitrogens with two attached hydrogens (primary N) is 1. The highest BCUT2D eigenvalue weighted by Gasteiger charge is 2.34. The first-order chi connectivity index (χ1) is 15.2. The van der Waals surface area contributed by atoms with Crippen LogP contribution in [0.25, 0.3) is 21.8 Å². The fraction of sp³-hybridized carbons (Fsp3) is 0.364. The summed E-state index contributed by atoms with van der Waals surface area (Å²) in [6, 6.07) is 6.58. The minimum atomic E-state index is -4.68. The molecule has 1 aliphatic rings. The third-order valence-corrected chi connectivity index (χ3v) is 5.79. The lowest BCUT2D eigenvalue weighted by Gasteiger charge is -2.15. The van der Waals surface area contributed by atoms with Gasteiger partial charge in [-0.15, -0.1) is 0 Å². The van der Waals surface area contributed by atoms with Crippen molar-refractivity contribution < 1.29 is 37.6 Å². The summed E-state index contributed by atoms with van der Waals surface area (Å²) in [4.78, 5) is 32.6. The number of carbonyl (C=O) groups excluding carboxylic acids is 1. The fourth-order valence-corrected chi connectivity index (χ4v) is 4.45. The lowest BCUT2D eigenvalue weighted by molar-refractivity contribution is -0.213. The summed E-state index contributed by atoms with van der Waals surface area (Å²) in [5.74, 6) is -2.14. The normalized spacial score (nSPS) is 15.0. The molecule has 0 saturated heterocycles. The number of primary amides is 1. The Kier molecular flexibility index (Phi) is 5.72. The van der Waals surface area contributed by atoms with E-state index in [1.165, 1.54) is 6.07 Å². The number of rotatable bonds is 7. The van der Waals surface area contributed by atoms with Gasteiger partial charge in [0.15, 0.2) is 12.4 Å². The molecule has 170 valence electrons. The van der Waals surface area contributed by atoms with E-state index >= 15 is 0 Å². The second kappa shape index (κ2) is 8.34. The smallest absolute Gasteiger partial charge is 0.416 e. The molecule has 4 rings (SSSR count). The molecule has 10 heteroatoms. The molecule has 0 bridgehead atoms. The number of alkyl halides is 3. The Labute approximate surface area is 180 Å². The maximum atomic E-state index is 13.7. The molecule has 0 unspecified atom stereocenters. The lowest BCUT2D eigenvalue weighted by Crippen LogP contribution is -2.12.